The summed E-state index contributed by atoms with van der Waals surface area (Å²) in [6.07, 6.45) is 5.26. The average Bonchev–Trinajstić information content (AvgIpc) is 3.00. The number of aromatic nitrogens is 2. The zero-order valence-electron chi connectivity index (χ0n) is 15.3. The Hall–Kier alpha value is -1.84. The maximum atomic E-state index is 6.04. The van der Waals surface area contributed by atoms with Gasteiger partial charge in [-0.2, -0.15) is 0 Å². The average molecular weight is 368 g/mol. The zero-order chi connectivity index (χ0) is 17.9. The molecule has 0 saturated heterocycles. The molecule has 1 aromatic heterocycles. The van der Waals surface area contributed by atoms with Crippen LogP contribution < -0.4 is 5.32 Å². The number of hydrogen-bond acceptors (Lipinski definition) is 2. The fraction of sp³-hybridized carbons (Fsp3) is 0.409. The van der Waals surface area contributed by atoms with E-state index in [-0.39, 0.29) is 0 Å². The Kier molecular flexibility index (Phi) is 5.28. The molecule has 2 atom stereocenters. The number of nitrogens with one attached hydrogen (secondary N) is 1. The van der Waals surface area contributed by atoms with Gasteiger partial charge in [-0.25, -0.2) is 4.98 Å². The van der Waals surface area contributed by atoms with Crippen molar-refractivity contribution < 1.29 is 0 Å². The summed E-state index contributed by atoms with van der Waals surface area (Å²) in [6, 6.07) is 17.1. The summed E-state index contributed by atoms with van der Waals surface area (Å²) in [7, 11) is 0. The SMILES string of the molecule is CC1CCCC(NCc2nc3ccccc3n2Cc2ccc(Cl)cc2)C1. The van der Waals surface area contributed by atoms with Gasteiger partial charge in [0.05, 0.1) is 17.6 Å². The highest BCUT2D eigenvalue weighted by atomic mass is 35.5. The van der Waals surface area contributed by atoms with Gasteiger partial charge in [0.15, 0.2) is 0 Å². The predicted molar refractivity (Wildman–Crippen MR) is 109 cm³/mol. The first-order valence-corrected chi connectivity index (χ1v) is 9.99. The van der Waals surface area contributed by atoms with E-state index in [0.717, 1.165) is 35.4 Å². The van der Waals surface area contributed by atoms with Crippen LogP contribution in [0.5, 0.6) is 0 Å². The Bertz CT molecular complexity index is 869. The fourth-order valence-electron chi connectivity index (χ4n) is 4.06. The lowest BCUT2D eigenvalue weighted by Crippen LogP contribution is -2.33. The van der Waals surface area contributed by atoms with Crippen LogP contribution in [-0.2, 0) is 13.1 Å². The van der Waals surface area contributed by atoms with Crippen LogP contribution in [0.3, 0.4) is 0 Å². The van der Waals surface area contributed by atoms with E-state index in [1.807, 2.05) is 12.1 Å². The van der Waals surface area contributed by atoms with E-state index in [1.165, 1.54) is 36.8 Å². The van der Waals surface area contributed by atoms with Gasteiger partial charge in [0.25, 0.3) is 0 Å². The summed E-state index contributed by atoms with van der Waals surface area (Å²) in [5.41, 5.74) is 3.50. The third kappa shape index (κ3) is 3.94. The number of para-hydroxylation sites is 2. The number of halogens is 1. The highest BCUT2D eigenvalue weighted by molar-refractivity contribution is 6.30. The van der Waals surface area contributed by atoms with Crippen molar-refractivity contribution in [3.63, 3.8) is 0 Å². The molecular formula is C22H26ClN3. The van der Waals surface area contributed by atoms with Gasteiger partial charge in [-0.1, -0.05) is 55.6 Å². The summed E-state index contributed by atoms with van der Waals surface area (Å²) < 4.78 is 2.33. The van der Waals surface area contributed by atoms with E-state index in [4.69, 9.17) is 16.6 Å². The topological polar surface area (TPSA) is 29.9 Å². The molecule has 2 unspecified atom stereocenters. The van der Waals surface area contributed by atoms with Crippen LogP contribution in [0, 0.1) is 5.92 Å². The van der Waals surface area contributed by atoms with Crippen LogP contribution in [-0.4, -0.2) is 15.6 Å². The van der Waals surface area contributed by atoms with Gasteiger partial charge >= 0.3 is 0 Å². The Labute approximate surface area is 160 Å². The van der Waals surface area contributed by atoms with Crippen molar-refractivity contribution in [3.05, 3.63) is 64.9 Å². The number of hydrogen-bond donors (Lipinski definition) is 1. The summed E-state index contributed by atoms with van der Waals surface area (Å²) in [6.45, 7) is 4.00. The molecule has 0 bridgehead atoms. The maximum Gasteiger partial charge on any atom is 0.124 e. The van der Waals surface area contributed by atoms with Gasteiger partial charge in [-0.05, 0) is 48.6 Å². The summed E-state index contributed by atoms with van der Waals surface area (Å²) in [4.78, 5) is 4.90. The monoisotopic (exact) mass is 367 g/mol. The Balaban J connectivity index is 1.58. The molecule has 0 aliphatic heterocycles. The van der Waals surface area contributed by atoms with Crippen molar-refractivity contribution in [3.8, 4) is 0 Å². The van der Waals surface area contributed by atoms with E-state index in [2.05, 4.69) is 53.2 Å². The number of rotatable bonds is 5. The van der Waals surface area contributed by atoms with Crippen molar-refractivity contribution in [2.24, 2.45) is 5.92 Å². The van der Waals surface area contributed by atoms with E-state index in [0.29, 0.717) is 6.04 Å². The highest BCUT2D eigenvalue weighted by Crippen LogP contribution is 2.24. The van der Waals surface area contributed by atoms with Gasteiger partial charge in [0, 0.05) is 17.6 Å². The number of benzene rings is 2. The minimum absolute atomic E-state index is 0.613. The first-order chi connectivity index (χ1) is 12.7. The van der Waals surface area contributed by atoms with Crippen molar-refractivity contribution >= 4 is 22.6 Å². The van der Waals surface area contributed by atoms with E-state index >= 15 is 0 Å². The van der Waals surface area contributed by atoms with Crippen LogP contribution in [0.2, 0.25) is 5.02 Å². The van der Waals surface area contributed by atoms with Crippen molar-refractivity contribution in [2.75, 3.05) is 0 Å². The van der Waals surface area contributed by atoms with E-state index < -0.39 is 0 Å². The lowest BCUT2D eigenvalue weighted by molar-refractivity contribution is 0.298. The van der Waals surface area contributed by atoms with Gasteiger partial charge < -0.3 is 9.88 Å². The smallest absolute Gasteiger partial charge is 0.124 e. The van der Waals surface area contributed by atoms with Crippen LogP contribution in [0.25, 0.3) is 11.0 Å². The minimum atomic E-state index is 0.613. The van der Waals surface area contributed by atoms with Crippen LogP contribution >= 0.6 is 11.6 Å². The van der Waals surface area contributed by atoms with Crippen LogP contribution in [0.1, 0.15) is 44.0 Å². The second-order valence-electron chi connectivity index (χ2n) is 7.58. The highest BCUT2D eigenvalue weighted by Gasteiger charge is 2.19. The van der Waals surface area contributed by atoms with Crippen molar-refractivity contribution in [1.82, 2.24) is 14.9 Å². The number of fused-ring (bicyclic) bond motifs is 1. The first kappa shape index (κ1) is 17.6. The lowest BCUT2D eigenvalue weighted by atomic mass is 9.87. The largest absolute Gasteiger partial charge is 0.322 e. The molecule has 1 aliphatic carbocycles. The molecule has 0 amide bonds. The standard InChI is InChI=1S/C22H26ClN3/c1-16-5-4-6-19(13-16)24-14-22-25-20-7-2-3-8-21(20)26(22)15-17-9-11-18(23)12-10-17/h2-3,7-12,16,19,24H,4-6,13-15H2,1H3. The normalized spacial score (nSPS) is 20.5. The molecule has 26 heavy (non-hydrogen) atoms. The fourth-order valence-corrected chi connectivity index (χ4v) is 4.19. The quantitative estimate of drug-likeness (QED) is 0.653. The predicted octanol–water partition coefficient (Wildman–Crippen LogP) is 5.41. The van der Waals surface area contributed by atoms with Crippen molar-refractivity contribution in [2.45, 2.75) is 51.7 Å². The molecule has 1 fully saturated rings. The minimum Gasteiger partial charge on any atom is -0.322 e. The Morgan fingerprint density at radius 3 is 2.73 bits per heavy atom. The molecule has 1 saturated carbocycles. The molecule has 3 aromatic rings. The molecule has 1 N–H and O–H groups in total. The molecule has 4 heteroatoms. The molecule has 136 valence electrons. The second-order valence-corrected chi connectivity index (χ2v) is 8.02. The first-order valence-electron chi connectivity index (χ1n) is 9.61. The van der Waals surface area contributed by atoms with Gasteiger partial charge in [0.2, 0.25) is 0 Å². The molecule has 1 heterocycles. The molecule has 4 rings (SSSR count). The zero-order valence-corrected chi connectivity index (χ0v) is 16.0. The number of nitrogens with zero attached hydrogens (tertiary/aromatic N) is 2. The van der Waals surface area contributed by atoms with Crippen molar-refractivity contribution in [1.29, 1.82) is 0 Å². The molecule has 2 aromatic carbocycles. The van der Waals surface area contributed by atoms with E-state index in [9.17, 15) is 0 Å². The lowest BCUT2D eigenvalue weighted by Gasteiger charge is -2.27. The molecule has 3 nitrogen and oxygen atoms in total. The molecule has 0 radical (unpaired) electrons. The molecule has 1 aliphatic rings. The summed E-state index contributed by atoms with van der Waals surface area (Å²) in [5.74, 6) is 1.94. The van der Waals surface area contributed by atoms with Gasteiger partial charge in [-0.15, -0.1) is 0 Å². The third-order valence-electron chi connectivity index (χ3n) is 5.47. The Morgan fingerprint density at radius 2 is 1.92 bits per heavy atom. The Morgan fingerprint density at radius 1 is 1.12 bits per heavy atom. The van der Waals surface area contributed by atoms with Gasteiger partial charge in [-0.3, -0.25) is 0 Å². The molecule has 0 spiro atoms. The van der Waals surface area contributed by atoms with E-state index in [1.54, 1.807) is 0 Å². The summed E-state index contributed by atoms with van der Waals surface area (Å²) in [5, 5.41) is 4.54. The van der Waals surface area contributed by atoms with Crippen LogP contribution in [0.15, 0.2) is 48.5 Å². The molecular weight excluding hydrogens is 342 g/mol. The third-order valence-corrected chi connectivity index (χ3v) is 5.72. The number of imidazole rings is 1. The van der Waals surface area contributed by atoms with Gasteiger partial charge in [0.1, 0.15) is 5.82 Å². The summed E-state index contributed by atoms with van der Waals surface area (Å²) >= 11 is 6.04. The maximum absolute atomic E-state index is 6.04. The van der Waals surface area contributed by atoms with Crippen LogP contribution in [0.4, 0.5) is 0 Å². The second kappa shape index (κ2) is 7.81.